The van der Waals surface area contributed by atoms with Gasteiger partial charge in [-0.05, 0) is 24.3 Å². The quantitative estimate of drug-likeness (QED) is 0.881. The second kappa shape index (κ2) is 7.53. The van der Waals surface area contributed by atoms with Crippen LogP contribution in [0.2, 0.25) is 0 Å². The molecule has 2 aliphatic rings. The number of hydrogen-bond donors (Lipinski definition) is 1. The second-order valence-corrected chi connectivity index (χ2v) is 6.20. The molecule has 1 saturated heterocycles. The minimum absolute atomic E-state index is 0.0195. The van der Waals surface area contributed by atoms with Gasteiger partial charge in [-0.15, -0.1) is 0 Å². The van der Waals surface area contributed by atoms with Crippen LogP contribution >= 0.6 is 0 Å². The van der Waals surface area contributed by atoms with E-state index in [0.29, 0.717) is 13.2 Å². The topological polar surface area (TPSA) is 60.4 Å². The van der Waals surface area contributed by atoms with E-state index in [9.17, 15) is 4.79 Å². The number of carbonyl (C=O) groups excluding carboxylic acids is 1. The molecule has 0 bridgehead atoms. The van der Waals surface area contributed by atoms with E-state index in [0.717, 1.165) is 31.9 Å². The number of rotatable bonds is 4. The number of hydrogen-bond acceptors (Lipinski definition) is 6. The predicted octanol–water partition coefficient (Wildman–Crippen LogP) is 0.723. The van der Waals surface area contributed by atoms with Crippen molar-refractivity contribution in [1.29, 1.82) is 0 Å². The summed E-state index contributed by atoms with van der Waals surface area (Å²) in [5, 5.41) is 9.08. The molecule has 1 aromatic carbocycles. The highest BCUT2D eigenvalue weighted by Crippen LogP contribution is 2.22. The van der Waals surface area contributed by atoms with Crippen molar-refractivity contribution in [2.45, 2.75) is 13.0 Å². The first kappa shape index (κ1) is 16.6. The van der Waals surface area contributed by atoms with E-state index in [1.54, 1.807) is 0 Å². The van der Waals surface area contributed by atoms with Crippen molar-refractivity contribution in [2.24, 2.45) is 5.10 Å². The van der Waals surface area contributed by atoms with Crippen molar-refractivity contribution >= 4 is 23.6 Å². The maximum atomic E-state index is 11.0. The molecule has 130 valence electrons. The van der Waals surface area contributed by atoms with Crippen LogP contribution in [-0.2, 0) is 9.53 Å². The first-order chi connectivity index (χ1) is 11.6. The van der Waals surface area contributed by atoms with Crippen molar-refractivity contribution in [3.8, 4) is 0 Å². The van der Waals surface area contributed by atoms with Gasteiger partial charge in [0.05, 0.1) is 19.3 Å². The minimum Gasteiger partial charge on any atom is -0.373 e. The molecule has 1 N–H and O–H groups in total. The van der Waals surface area contributed by atoms with Crippen molar-refractivity contribution < 1.29 is 9.53 Å². The number of amides is 1. The van der Waals surface area contributed by atoms with Gasteiger partial charge in [-0.2, -0.15) is 5.10 Å². The molecule has 1 unspecified atom stereocenters. The summed E-state index contributed by atoms with van der Waals surface area (Å²) >= 11 is 0. The van der Waals surface area contributed by atoms with E-state index < -0.39 is 0 Å². The van der Waals surface area contributed by atoms with E-state index in [1.807, 2.05) is 18.4 Å². The van der Waals surface area contributed by atoms with Crippen molar-refractivity contribution in [3.05, 3.63) is 24.3 Å². The Morgan fingerprint density at radius 2 is 2.00 bits per heavy atom. The number of nitrogens with one attached hydrogen (secondary N) is 1. The molecule has 0 spiro atoms. The number of anilines is 2. The molecule has 2 heterocycles. The first-order valence-electron chi connectivity index (χ1n) is 8.35. The van der Waals surface area contributed by atoms with Gasteiger partial charge in [-0.25, -0.2) is 0 Å². The molecule has 7 heteroatoms. The zero-order valence-corrected chi connectivity index (χ0v) is 14.3. The number of nitrogens with zero attached hydrogens (tertiary/aromatic N) is 4. The fraction of sp³-hybridized carbons (Fsp3) is 0.529. The van der Waals surface area contributed by atoms with Crippen LogP contribution < -0.4 is 15.1 Å². The monoisotopic (exact) mass is 331 g/mol. The van der Waals surface area contributed by atoms with Crippen molar-refractivity contribution in [3.63, 3.8) is 0 Å². The van der Waals surface area contributed by atoms with Gasteiger partial charge in [0, 0.05) is 51.5 Å². The Morgan fingerprint density at radius 1 is 1.25 bits per heavy atom. The van der Waals surface area contributed by atoms with Crippen LogP contribution in [0.15, 0.2) is 29.4 Å². The number of likely N-dealkylation sites (N-methyl/N-ethyl adjacent to an activating group) is 1. The molecule has 7 nitrogen and oxygen atoms in total. The molecule has 24 heavy (non-hydrogen) atoms. The Bertz CT molecular complexity index is 589. The normalized spacial score (nSPS) is 21.1. The SMILES string of the molecule is CC(=O)NCC1CN(c2ccc(N3C=NN(C)CC3)cc2)CCO1. The predicted molar refractivity (Wildman–Crippen MR) is 95.5 cm³/mol. The average molecular weight is 331 g/mol. The van der Waals surface area contributed by atoms with E-state index in [1.165, 1.54) is 12.6 Å². The molecule has 1 fully saturated rings. The lowest BCUT2D eigenvalue weighted by Crippen LogP contribution is -2.47. The fourth-order valence-corrected chi connectivity index (χ4v) is 2.90. The number of ether oxygens (including phenoxy) is 1. The molecule has 1 atom stereocenters. The number of benzene rings is 1. The van der Waals surface area contributed by atoms with Gasteiger partial charge in [0.15, 0.2) is 0 Å². The smallest absolute Gasteiger partial charge is 0.216 e. The molecule has 0 saturated carbocycles. The Hall–Kier alpha value is -2.28. The van der Waals surface area contributed by atoms with Crippen LogP contribution in [-0.4, -0.2) is 69.7 Å². The third-order valence-electron chi connectivity index (χ3n) is 4.32. The number of carbonyl (C=O) groups is 1. The molecule has 2 aliphatic heterocycles. The summed E-state index contributed by atoms with van der Waals surface area (Å²) in [7, 11) is 1.98. The summed E-state index contributed by atoms with van der Waals surface area (Å²) in [5.41, 5.74) is 2.33. The second-order valence-electron chi connectivity index (χ2n) is 6.20. The third kappa shape index (κ3) is 4.17. The number of hydrazone groups is 1. The van der Waals surface area contributed by atoms with Gasteiger partial charge < -0.3 is 19.9 Å². The lowest BCUT2D eigenvalue weighted by atomic mass is 10.2. The molecule has 0 aliphatic carbocycles. The lowest BCUT2D eigenvalue weighted by Gasteiger charge is -2.35. The lowest BCUT2D eigenvalue weighted by molar-refractivity contribution is -0.119. The Morgan fingerprint density at radius 3 is 2.67 bits per heavy atom. The first-order valence-corrected chi connectivity index (χ1v) is 8.35. The summed E-state index contributed by atoms with van der Waals surface area (Å²) < 4.78 is 5.72. The average Bonchev–Trinajstić information content (AvgIpc) is 2.61. The zero-order valence-electron chi connectivity index (χ0n) is 14.3. The van der Waals surface area contributed by atoms with Crippen LogP contribution in [0.1, 0.15) is 6.92 Å². The molecule has 0 aromatic heterocycles. The minimum atomic E-state index is -0.0195. The Balaban J connectivity index is 1.60. The van der Waals surface area contributed by atoms with Gasteiger partial charge in [0.2, 0.25) is 5.91 Å². The third-order valence-corrected chi connectivity index (χ3v) is 4.32. The molecular formula is C17H25N5O2. The summed E-state index contributed by atoms with van der Waals surface area (Å²) in [5.74, 6) is -0.0195. The van der Waals surface area contributed by atoms with Gasteiger partial charge in [0.25, 0.3) is 0 Å². The summed E-state index contributed by atoms with van der Waals surface area (Å²) in [6.07, 6.45) is 1.91. The zero-order chi connectivity index (χ0) is 16.9. The standard InChI is InChI=1S/C17H25N5O2/c1-14(23)18-11-17-12-21(9-10-24-17)15-3-5-16(6-4-15)22-8-7-20(2)19-13-22/h3-6,13,17H,7-12H2,1-2H3,(H,18,23). The Kier molecular flexibility index (Phi) is 5.20. The van der Waals surface area contributed by atoms with Crippen LogP contribution in [0.5, 0.6) is 0 Å². The van der Waals surface area contributed by atoms with E-state index in [4.69, 9.17) is 4.74 Å². The van der Waals surface area contributed by atoms with E-state index in [2.05, 4.69) is 44.5 Å². The van der Waals surface area contributed by atoms with Crippen molar-refractivity contribution in [2.75, 3.05) is 56.2 Å². The molecular weight excluding hydrogens is 306 g/mol. The van der Waals surface area contributed by atoms with Gasteiger partial charge in [0.1, 0.15) is 6.34 Å². The van der Waals surface area contributed by atoms with Crippen LogP contribution in [0.25, 0.3) is 0 Å². The maximum absolute atomic E-state index is 11.0. The molecule has 3 rings (SSSR count). The maximum Gasteiger partial charge on any atom is 0.216 e. The molecule has 0 radical (unpaired) electrons. The highest BCUT2D eigenvalue weighted by molar-refractivity contribution is 5.80. The fourth-order valence-electron chi connectivity index (χ4n) is 2.90. The molecule has 1 aromatic rings. The van der Waals surface area contributed by atoms with Gasteiger partial charge in [-0.1, -0.05) is 0 Å². The largest absolute Gasteiger partial charge is 0.373 e. The summed E-state index contributed by atoms with van der Waals surface area (Å²) in [6.45, 7) is 6.28. The highest BCUT2D eigenvalue weighted by Gasteiger charge is 2.21. The Labute approximate surface area is 142 Å². The van der Waals surface area contributed by atoms with Crippen molar-refractivity contribution in [1.82, 2.24) is 10.3 Å². The van der Waals surface area contributed by atoms with Gasteiger partial charge in [-0.3, -0.25) is 9.80 Å². The van der Waals surface area contributed by atoms with E-state index >= 15 is 0 Å². The van der Waals surface area contributed by atoms with Crippen LogP contribution in [0.4, 0.5) is 11.4 Å². The number of morpholine rings is 1. The molecule has 1 amide bonds. The summed E-state index contributed by atoms with van der Waals surface area (Å²) in [6, 6.07) is 8.54. The van der Waals surface area contributed by atoms with E-state index in [-0.39, 0.29) is 12.0 Å². The highest BCUT2D eigenvalue weighted by atomic mass is 16.5. The van der Waals surface area contributed by atoms with Crippen LogP contribution in [0.3, 0.4) is 0 Å². The summed E-state index contributed by atoms with van der Waals surface area (Å²) in [4.78, 5) is 15.5. The van der Waals surface area contributed by atoms with Gasteiger partial charge >= 0.3 is 0 Å². The van der Waals surface area contributed by atoms with Crippen LogP contribution in [0, 0.1) is 0 Å².